The minimum Gasteiger partial charge on any atom is -0.497 e. The van der Waals surface area contributed by atoms with E-state index in [4.69, 9.17) is 9.47 Å². The van der Waals surface area contributed by atoms with Crippen LogP contribution in [0.15, 0.2) is 23.1 Å². The fourth-order valence-corrected chi connectivity index (χ4v) is 5.33. The van der Waals surface area contributed by atoms with Gasteiger partial charge in [-0.25, -0.2) is 8.42 Å². The average Bonchev–Trinajstić information content (AvgIpc) is 3.06. The summed E-state index contributed by atoms with van der Waals surface area (Å²) in [7, 11) is -0.548. The summed E-state index contributed by atoms with van der Waals surface area (Å²) in [5.74, 6) is 0.732. The van der Waals surface area contributed by atoms with E-state index in [2.05, 4.69) is 15.5 Å². The van der Waals surface area contributed by atoms with Crippen molar-refractivity contribution in [3.05, 3.63) is 29.6 Å². The van der Waals surface area contributed by atoms with Gasteiger partial charge in [-0.2, -0.15) is 9.40 Å². The molecule has 0 atom stereocenters. The van der Waals surface area contributed by atoms with Gasteiger partial charge in [0, 0.05) is 42.9 Å². The number of carbonyl (C=O) groups is 1. The van der Waals surface area contributed by atoms with Crippen LogP contribution in [0.4, 0.5) is 5.69 Å². The number of piperidine rings is 1. The monoisotopic (exact) mass is 422 g/mol. The molecule has 10 heteroatoms. The Morgan fingerprint density at radius 1 is 1.14 bits per heavy atom. The molecular formula is C19H26N4O5S. The van der Waals surface area contributed by atoms with Crippen LogP contribution in [0.5, 0.6) is 11.5 Å². The normalized spacial score (nSPS) is 15.9. The van der Waals surface area contributed by atoms with Crippen LogP contribution >= 0.6 is 0 Å². The largest absolute Gasteiger partial charge is 0.497 e. The molecule has 2 heterocycles. The fourth-order valence-electron chi connectivity index (χ4n) is 3.53. The van der Waals surface area contributed by atoms with Crippen molar-refractivity contribution in [2.24, 2.45) is 5.92 Å². The Bertz CT molecular complexity index is 952. The molecule has 0 saturated carbocycles. The van der Waals surface area contributed by atoms with E-state index in [9.17, 15) is 13.2 Å². The highest BCUT2D eigenvalue weighted by atomic mass is 32.2. The number of rotatable bonds is 6. The molecule has 158 valence electrons. The van der Waals surface area contributed by atoms with Crippen LogP contribution in [0.2, 0.25) is 0 Å². The van der Waals surface area contributed by atoms with Gasteiger partial charge in [-0.3, -0.25) is 9.89 Å². The lowest BCUT2D eigenvalue weighted by atomic mass is 9.97. The SMILES string of the molecule is COc1cc(NC(=O)C2CCN(S(=O)(=O)c3c(C)n[nH]c3C)CC2)cc(OC)c1. The summed E-state index contributed by atoms with van der Waals surface area (Å²) >= 11 is 0. The lowest BCUT2D eigenvalue weighted by Gasteiger charge is -2.30. The van der Waals surface area contributed by atoms with Crippen molar-refractivity contribution in [1.29, 1.82) is 0 Å². The topological polar surface area (TPSA) is 114 Å². The van der Waals surface area contributed by atoms with E-state index >= 15 is 0 Å². The highest BCUT2D eigenvalue weighted by Gasteiger charge is 2.34. The lowest BCUT2D eigenvalue weighted by molar-refractivity contribution is -0.120. The number of methoxy groups -OCH3 is 2. The van der Waals surface area contributed by atoms with Gasteiger partial charge in [-0.1, -0.05) is 0 Å². The number of nitrogens with zero attached hydrogens (tertiary/aromatic N) is 2. The van der Waals surface area contributed by atoms with E-state index < -0.39 is 10.0 Å². The summed E-state index contributed by atoms with van der Waals surface area (Å²) in [6.07, 6.45) is 0.893. The summed E-state index contributed by atoms with van der Waals surface area (Å²) in [5, 5.41) is 9.57. The van der Waals surface area contributed by atoms with Crippen molar-refractivity contribution in [3.63, 3.8) is 0 Å². The number of anilines is 1. The van der Waals surface area contributed by atoms with Crippen LogP contribution in [0.25, 0.3) is 0 Å². The van der Waals surface area contributed by atoms with Gasteiger partial charge < -0.3 is 14.8 Å². The smallest absolute Gasteiger partial charge is 0.246 e. The number of hydrogen-bond donors (Lipinski definition) is 2. The van der Waals surface area contributed by atoms with Crippen molar-refractivity contribution in [2.45, 2.75) is 31.6 Å². The maximum Gasteiger partial charge on any atom is 0.246 e. The van der Waals surface area contributed by atoms with Crippen LogP contribution < -0.4 is 14.8 Å². The Morgan fingerprint density at radius 3 is 2.21 bits per heavy atom. The molecule has 1 fully saturated rings. The number of sulfonamides is 1. The number of ether oxygens (including phenoxy) is 2. The second-order valence-corrected chi connectivity index (χ2v) is 8.91. The van der Waals surface area contributed by atoms with E-state index in [-0.39, 0.29) is 29.8 Å². The highest BCUT2D eigenvalue weighted by molar-refractivity contribution is 7.89. The van der Waals surface area contributed by atoms with Gasteiger partial charge in [0.2, 0.25) is 15.9 Å². The Kier molecular flexibility index (Phi) is 6.13. The lowest BCUT2D eigenvalue weighted by Crippen LogP contribution is -2.41. The van der Waals surface area contributed by atoms with E-state index in [1.165, 1.54) is 4.31 Å². The maximum atomic E-state index is 12.9. The van der Waals surface area contributed by atoms with Gasteiger partial charge in [0.25, 0.3) is 0 Å². The molecule has 1 aliphatic heterocycles. The van der Waals surface area contributed by atoms with Crippen molar-refractivity contribution in [3.8, 4) is 11.5 Å². The molecule has 1 saturated heterocycles. The molecule has 0 bridgehead atoms. The molecule has 29 heavy (non-hydrogen) atoms. The minimum absolute atomic E-state index is 0.145. The second-order valence-electron chi connectivity index (χ2n) is 7.03. The van der Waals surface area contributed by atoms with Gasteiger partial charge in [0.1, 0.15) is 16.4 Å². The van der Waals surface area contributed by atoms with Gasteiger partial charge in [0.15, 0.2) is 0 Å². The zero-order valence-corrected chi connectivity index (χ0v) is 17.8. The molecule has 1 aliphatic rings. The number of benzene rings is 1. The first-order valence-corrected chi connectivity index (χ1v) is 10.8. The number of hydrogen-bond acceptors (Lipinski definition) is 6. The third kappa shape index (κ3) is 4.38. The Labute approximate surface area is 170 Å². The van der Waals surface area contributed by atoms with Gasteiger partial charge >= 0.3 is 0 Å². The van der Waals surface area contributed by atoms with Crippen LogP contribution in [0.1, 0.15) is 24.2 Å². The van der Waals surface area contributed by atoms with Crippen LogP contribution in [-0.4, -0.2) is 56.1 Å². The predicted molar refractivity (Wildman–Crippen MR) is 108 cm³/mol. The molecule has 0 unspecified atom stereocenters. The quantitative estimate of drug-likeness (QED) is 0.737. The van der Waals surface area contributed by atoms with Crippen molar-refractivity contribution < 1.29 is 22.7 Å². The molecule has 0 radical (unpaired) electrons. The maximum absolute atomic E-state index is 12.9. The Balaban J connectivity index is 1.66. The first kappa shape index (κ1) is 21.1. The average molecular weight is 423 g/mol. The van der Waals surface area contributed by atoms with Gasteiger partial charge in [-0.15, -0.1) is 0 Å². The van der Waals surface area contributed by atoms with E-state index in [1.54, 1.807) is 46.3 Å². The molecule has 1 aromatic carbocycles. The number of aromatic amines is 1. The molecular weight excluding hydrogens is 396 g/mol. The first-order valence-electron chi connectivity index (χ1n) is 9.32. The predicted octanol–water partition coefficient (Wildman–Crippen LogP) is 2.08. The highest BCUT2D eigenvalue weighted by Crippen LogP contribution is 2.29. The summed E-state index contributed by atoms with van der Waals surface area (Å²) in [6.45, 7) is 3.92. The van der Waals surface area contributed by atoms with E-state index in [0.717, 1.165) is 0 Å². The number of amides is 1. The van der Waals surface area contributed by atoms with Crippen LogP contribution in [0.3, 0.4) is 0 Å². The molecule has 2 N–H and O–H groups in total. The third-order valence-corrected chi connectivity index (χ3v) is 7.26. The van der Waals surface area contributed by atoms with Gasteiger partial charge in [0.05, 0.1) is 25.6 Å². The van der Waals surface area contributed by atoms with Crippen LogP contribution in [0, 0.1) is 19.8 Å². The molecule has 3 rings (SSSR count). The number of nitrogens with one attached hydrogen (secondary N) is 2. The number of H-pyrrole nitrogens is 1. The third-order valence-electron chi connectivity index (χ3n) is 5.10. The van der Waals surface area contributed by atoms with Crippen molar-refractivity contribution in [2.75, 3.05) is 32.6 Å². The first-order chi connectivity index (χ1) is 13.8. The molecule has 9 nitrogen and oxygen atoms in total. The Morgan fingerprint density at radius 2 is 1.72 bits per heavy atom. The van der Waals surface area contributed by atoms with E-state index in [1.807, 2.05) is 0 Å². The summed E-state index contributed by atoms with van der Waals surface area (Å²) in [6, 6.07) is 5.15. The number of aryl methyl sites for hydroxylation is 2. The molecule has 2 aromatic rings. The van der Waals surface area contributed by atoms with Crippen molar-refractivity contribution in [1.82, 2.24) is 14.5 Å². The molecule has 1 aromatic heterocycles. The standard InChI is InChI=1S/C19H26N4O5S/c1-12-18(13(2)22-21-12)29(25,26)23-7-5-14(6-8-23)19(24)20-15-9-16(27-3)11-17(10-15)28-4/h9-11,14H,5-8H2,1-4H3,(H,20,24)(H,21,22). The van der Waals surface area contributed by atoms with E-state index in [0.29, 0.717) is 41.4 Å². The summed E-state index contributed by atoms with van der Waals surface area (Å²) in [5.41, 5.74) is 1.55. The molecule has 1 amide bonds. The zero-order valence-electron chi connectivity index (χ0n) is 17.0. The molecule has 0 aliphatic carbocycles. The Hall–Kier alpha value is -2.59. The second kappa shape index (κ2) is 8.42. The van der Waals surface area contributed by atoms with Crippen molar-refractivity contribution >= 4 is 21.6 Å². The number of carbonyl (C=O) groups excluding carboxylic acids is 1. The zero-order chi connectivity index (χ0) is 21.2. The summed E-state index contributed by atoms with van der Waals surface area (Å²) < 4.78 is 37.7. The van der Waals surface area contributed by atoms with Gasteiger partial charge in [-0.05, 0) is 26.7 Å². The van der Waals surface area contributed by atoms with Crippen LogP contribution in [-0.2, 0) is 14.8 Å². The fraction of sp³-hybridized carbons (Fsp3) is 0.474. The summed E-state index contributed by atoms with van der Waals surface area (Å²) in [4.78, 5) is 12.9. The number of aromatic nitrogens is 2. The minimum atomic E-state index is -3.63. The molecule has 0 spiro atoms.